The fourth-order valence-corrected chi connectivity index (χ4v) is 1.94. The van der Waals surface area contributed by atoms with Crippen LogP contribution in [0.5, 0.6) is 0 Å². The Balaban J connectivity index is 3.02. The maximum absolute atomic E-state index is 11.7. The summed E-state index contributed by atoms with van der Waals surface area (Å²) in [4.78, 5) is 13.2. The lowest BCUT2D eigenvalue weighted by Gasteiger charge is -2.24. The third-order valence-electron chi connectivity index (χ3n) is 3.30. The number of hydrogen-bond donors (Lipinski definition) is 0. The number of carbonyl (C=O) groups excluding carboxylic acids is 1. The van der Waals surface area contributed by atoms with Gasteiger partial charge in [-0.3, -0.25) is 4.79 Å². The molecular weight excluding hydrogens is 236 g/mol. The summed E-state index contributed by atoms with van der Waals surface area (Å²) in [7, 11) is 1.68. The molecule has 0 aliphatic heterocycles. The van der Waals surface area contributed by atoms with E-state index in [1.165, 1.54) is 10.5 Å². The maximum Gasteiger partial charge on any atom is 0.223 e. The van der Waals surface area contributed by atoms with Gasteiger partial charge in [0.05, 0.1) is 6.07 Å². The SMILES string of the molecule is CCC(=O)N(C)C(C#N)c1ccc(C(C)(C)C)cc1. The lowest BCUT2D eigenvalue weighted by Crippen LogP contribution is -2.29. The minimum Gasteiger partial charge on any atom is -0.326 e. The molecule has 1 atom stereocenters. The molecular formula is C16H22N2O. The highest BCUT2D eigenvalue weighted by molar-refractivity contribution is 5.76. The van der Waals surface area contributed by atoms with Crippen LogP contribution in [0.25, 0.3) is 0 Å². The van der Waals surface area contributed by atoms with Crippen molar-refractivity contribution >= 4 is 5.91 Å². The fourth-order valence-electron chi connectivity index (χ4n) is 1.94. The van der Waals surface area contributed by atoms with E-state index in [0.29, 0.717) is 6.42 Å². The molecule has 0 aliphatic carbocycles. The van der Waals surface area contributed by atoms with Crippen molar-refractivity contribution in [2.24, 2.45) is 0 Å². The van der Waals surface area contributed by atoms with E-state index in [0.717, 1.165) is 5.56 Å². The molecule has 0 aliphatic rings. The number of rotatable bonds is 3. The number of benzene rings is 1. The fraction of sp³-hybridized carbons (Fsp3) is 0.500. The minimum atomic E-state index is -0.513. The van der Waals surface area contributed by atoms with Gasteiger partial charge in [0, 0.05) is 13.5 Å². The number of hydrogen-bond acceptors (Lipinski definition) is 2. The largest absolute Gasteiger partial charge is 0.326 e. The van der Waals surface area contributed by atoms with Crippen molar-refractivity contribution in [3.8, 4) is 6.07 Å². The molecule has 1 amide bonds. The van der Waals surface area contributed by atoms with E-state index in [2.05, 4.69) is 26.8 Å². The van der Waals surface area contributed by atoms with E-state index in [1.54, 1.807) is 14.0 Å². The zero-order valence-electron chi connectivity index (χ0n) is 12.4. The predicted molar refractivity (Wildman–Crippen MR) is 76.6 cm³/mol. The van der Waals surface area contributed by atoms with Crippen molar-refractivity contribution in [1.82, 2.24) is 4.90 Å². The summed E-state index contributed by atoms with van der Waals surface area (Å²) < 4.78 is 0. The van der Waals surface area contributed by atoms with Crippen molar-refractivity contribution in [2.75, 3.05) is 7.05 Å². The topological polar surface area (TPSA) is 44.1 Å². The molecule has 0 radical (unpaired) electrons. The highest BCUT2D eigenvalue weighted by atomic mass is 16.2. The normalized spacial score (nSPS) is 12.6. The molecule has 3 heteroatoms. The summed E-state index contributed by atoms with van der Waals surface area (Å²) >= 11 is 0. The quantitative estimate of drug-likeness (QED) is 0.833. The van der Waals surface area contributed by atoms with Gasteiger partial charge >= 0.3 is 0 Å². The molecule has 0 heterocycles. The van der Waals surface area contributed by atoms with Gasteiger partial charge in [-0.15, -0.1) is 0 Å². The Morgan fingerprint density at radius 3 is 2.21 bits per heavy atom. The van der Waals surface area contributed by atoms with E-state index in [1.807, 2.05) is 24.3 Å². The molecule has 102 valence electrons. The van der Waals surface area contributed by atoms with Crippen LogP contribution in [0, 0.1) is 11.3 Å². The molecule has 0 bridgehead atoms. The van der Waals surface area contributed by atoms with Gasteiger partial charge in [0.1, 0.15) is 6.04 Å². The summed E-state index contributed by atoms with van der Waals surface area (Å²) in [6, 6.07) is 9.62. The van der Waals surface area contributed by atoms with Crippen LogP contribution in [-0.4, -0.2) is 17.9 Å². The van der Waals surface area contributed by atoms with Crippen LogP contribution in [-0.2, 0) is 10.2 Å². The summed E-state index contributed by atoms with van der Waals surface area (Å²) in [6.07, 6.45) is 0.411. The molecule has 0 fully saturated rings. The lowest BCUT2D eigenvalue weighted by molar-refractivity contribution is -0.130. The van der Waals surface area contributed by atoms with Crippen molar-refractivity contribution in [3.63, 3.8) is 0 Å². The highest BCUT2D eigenvalue weighted by Gasteiger charge is 2.21. The third kappa shape index (κ3) is 3.57. The third-order valence-corrected chi connectivity index (χ3v) is 3.30. The van der Waals surface area contributed by atoms with Gasteiger partial charge in [-0.25, -0.2) is 0 Å². The zero-order chi connectivity index (χ0) is 14.6. The first-order valence-corrected chi connectivity index (χ1v) is 6.57. The summed E-state index contributed by atoms with van der Waals surface area (Å²) in [6.45, 7) is 8.25. The molecule has 1 aromatic rings. The second kappa shape index (κ2) is 5.88. The second-order valence-electron chi connectivity index (χ2n) is 5.76. The standard InChI is InChI=1S/C16H22N2O/c1-6-15(19)18(5)14(11-17)12-7-9-13(10-8-12)16(2,3)4/h7-10,14H,6H2,1-5H3. The van der Waals surface area contributed by atoms with E-state index < -0.39 is 6.04 Å². The lowest BCUT2D eigenvalue weighted by atomic mass is 9.86. The second-order valence-corrected chi connectivity index (χ2v) is 5.76. The average Bonchev–Trinajstić information content (AvgIpc) is 2.38. The van der Waals surface area contributed by atoms with Crippen molar-refractivity contribution < 1.29 is 4.79 Å². The smallest absolute Gasteiger partial charge is 0.223 e. The van der Waals surface area contributed by atoms with Crippen LogP contribution >= 0.6 is 0 Å². The van der Waals surface area contributed by atoms with Gasteiger partial charge in [-0.05, 0) is 16.5 Å². The van der Waals surface area contributed by atoms with Crippen LogP contribution in [0.4, 0.5) is 0 Å². The van der Waals surface area contributed by atoms with Crippen molar-refractivity contribution in [3.05, 3.63) is 35.4 Å². The van der Waals surface area contributed by atoms with Crippen LogP contribution < -0.4 is 0 Å². The molecule has 19 heavy (non-hydrogen) atoms. The van der Waals surface area contributed by atoms with E-state index in [4.69, 9.17) is 0 Å². The zero-order valence-corrected chi connectivity index (χ0v) is 12.4. The number of nitriles is 1. The molecule has 0 N–H and O–H groups in total. The molecule has 1 unspecified atom stereocenters. The van der Waals surface area contributed by atoms with Crippen LogP contribution in [0.3, 0.4) is 0 Å². The summed E-state index contributed by atoms with van der Waals surface area (Å²) in [5.74, 6) is -0.0218. The molecule has 1 aromatic carbocycles. The monoisotopic (exact) mass is 258 g/mol. The number of amides is 1. The highest BCUT2D eigenvalue weighted by Crippen LogP contribution is 2.25. The Kier molecular flexibility index (Phi) is 4.72. The van der Waals surface area contributed by atoms with E-state index in [9.17, 15) is 10.1 Å². The van der Waals surface area contributed by atoms with Gasteiger partial charge < -0.3 is 4.90 Å². The summed E-state index contributed by atoms with van der Waals surface area (Å²) in [5, 5.41) is 9.28. The van der Waals surface area contributed by atoms with E-state index >= 15 is 0 Å². The Hall–Kier alpha value is -1.82. The molecule has 1 rings (SSSR count). The first-order chi connectivity index (χ1) is 8.81. The van der Waals surface area contributed by atoms with Gasteiger partial charge in [0.25, 0.3) is 0 Å². The maximum atomic E-state index is 11.7. The Morgan fingerprint density at radius 1 is 1.32 bits per heavy atom. The Labute approximate surface area is 115 Å². The molecule has 0 saturated heterocycles. The van der Waals surface area contributed by atoms with Crippen LogP contribution in [0.15, 0.2) is 24.3 Å². The average molecular weight is 258 g/mol. The molecule has 0 spiro atoms. The van der Waals surface area contributed by atoms with Crippen LogP contribution in [0.1, 0.15) is 51.3 Å². The predicted octanol–water partition coefficient (Wildman–Crippen LogP) is 3.42. The Morgan fingerprint density at radius 2 is 1.84 bits per heavy atom. The Bertz CT molecular complexity index is 477. The van der Waals surface area contributed by atoms with Gasteiger partial charge in [-0.1, -0.05) is 52.0 Å². The van der Waals surface area contributed by atoms with Crippen molar-refractivity contribution in [1.29, 1.82) is 5.26 Å². The number of carbonyl (C=O) groups is 1. The van der Waals surface area contributed by atoms with E-state index in [-0.39, 0.29) is 11.3 Å². The van der Waals surface area contributed by atoms with Gasteiger partial charge in [-0.2, -0.15) is 5.26 Å². The molecule has 0 aromatic heterocycles. The molecule has 3 nitrogen and oxygen atoms in total. The van der Waals surface area contributed by atoms with Gasteiger partial charge in [0.2, 0.25) is 5.91 Å². The summed E-state index contributed by atoms with van der Waals surface area (Å²) in [5.41, 5.74) is 2.17. The first kappa shape index (κ1) is 15.2. The van der Waals surface area contributed by atoms with Gasteiger partial charge in [0.15, 0.2) is 0 Å². The number of nitrogens with zero attached hydrogens (tertiary/aromatic N) is 2. The first-order valence-electron chi connectivity index (χ1n) is 6.57. The minimum absolute atomic E-state index is 0.0218. The van der Waals surface area contributed by atoms with Crippen molar-refractivity contribution in [2.45, 2.75) is 45.6 Å². The molecule has 0 saturated carbocycles. The van der Waals surface area contributed by atoms with Crippen LogP contribution in [0.2, 0.25) is 0 Å².